The summed E-state index contributed by atoms with van der Waals surface area (Å²) in [4.78, 5) is 10.3. The Balaban J connectivity index is 2.50. The van der Waals surface area contributed by atoms with E-state index in [0.717, 1.165) is 5.56 Å². The van der Waals surface area contributed by atoms with E-state index in [1.165, 1.54) is 11.5 Å². The van der Waals surface area contributed by atoms with Crippen molar-refractivity contribution in [2.45, 2.75) is 12.5 Å². The molecule has 1 aromatic rings. The topological polar surface area (TPSA) is 76.2 Å². The zero-order valence-electron chi connectivity index (χ0n) is 5.73. The number of carboxylic acids is 1. The van der Waals surface area contributed by atoms with Crippen LogP contribution in [-0.2, 0) is 11.2 Å². The Morgan fingerprint density at radius 3 is 3.09 bits per heavy atom. The number of aromatic nitrogens is 1. The van der Waals surface area contributed by atoms with Crippen LogP contribution in [0.4, 0.5) is 0 Å². The van der Waals surface area contributed by atoms with E-state index in [0.29, 0.717) is 6.42 Å². The van der Waals surface area contributed by atoms with Crippen molar-refractivity contribution in [3.63, 3.8) is 0 Å². The van der Waals surface area contributed by atoms with E-state index in [9.17, 15) is 4.79 Å². The number of carboxylic acid groups (broad SMARTS) is 1. The molecule has 0 spiro atoms. The SMILES string of the molecule is NC(Cc1cnsc1)C(=O)O. The molecule has 0 aliphatic rings. The summed E-state index contributed by atoms with van der Waals surface area (Å²) in [5.74, 6) is -0.976. The van der Waals surface area contributed by atoms with Crippen molar-refractivity contribution < 1.29 is 9.90 Å². The summed E-state index contributed by atoms with van der Waals surface area (Å²) in [6, 6.07) is -0.814. The number of hydrogen-bond acceptors (Lipinski definition) is 4. The van der Waals surface area contributed by atoms with Gasteiger partial charge in [0, 0.05) is 18.0 Å². The van der Waals surface area contributed by atoms with E-state index in [4.69, 9.17) is 10.8 Å². The molecule has 1 atom stereocenters. The van der Waals surface area contributed by atoms with Crippen LogP contribution in [0.2, 0.25) is 0 Å². The predicted molar refractivity (Wildman–Crippen MR) is 41.4 cm³/mol. The van der Waals surface area contributed by atoms with Gasteiger partial charge in [0.15, 0.2) is 0 Å². The van der Waals surface area contributed by atoms with Crippen LogP contribution >= 0.6 is 11.5 Å². The largest absolute Gasteiger partial charge is 0.480 e. The molecule has 0 saturated heterocycles. The minimum absolute atomic E-state index is 0.353. The molecule has 1 heterocycles. The second-order valence-electron chi connectivity index (χ2n) is 2.18. The molecule has 0 bridgehead atoms. The average molecular weight is 172 g/mol. The highest BCUT2D eigenvalue weighted by molar-refractivity contribution is 7.03. The second kappa shape index (κ2) is 3.45. The molecule has 11 heavy (non-hydrogen) atoms. The van der Waals surface area contributed by atoms with E-state index in [-0.39, 0.29) is 0 Å². The van der Waals surface area contributed by atoms with Gasteiger partial charge in [-0.1, -0.05) is 0 Å². The maximum atomic E-state index is 10.3. The molecule has 3 N–H and O–H groups in total. The first-order valence-electron chi connectivity index (χ1n) is 3.07. The lowest BCUT2D eigenvalue weighted by Gasteiger charge is -2.01. The van der Waals surface area contributed by atoms with Crippen molar-refractivity contribution in [3.05, 3.63) is 17.1 Å². The summed E-state index contributed by atoms with van der Waals surface area (Å²) in [6.07, 6.45) is 1.99. The van der Waals surface area contributed by atoms with E-state index in [1.807, 2.05) is 0 Å². The summed E-state index contributed by atoms with van der Waals surface area (Å²) in [6.45, 7) is 0. The molecule has 0 aromatic carbocycles. The van der Waals surface area contributed by atoms with Crippen LogP contribution < -0.4 is 5.73 Å². The molecule has 5 heteroatoms. The van der Waals surface area contributed by atoms with Gasteiger partial charge >= 0.3 is 5.97 Å². The molecule has 1 aromatic heterocycles. The van der Waals surface area contributed by atoms with E-state index < -0.39 is 12.0 Å². The quantitative estimate of drug-likeness (QED) is 0.677. The molecule has 1 rings (SSSR count). The van der Waals surface area contributed by atoms with Crippen LogP contribution in [0, 0.1) is 0 Å². The predicted octanol–water partition coefficient (Wildman–Crippen LogP) is 0.0975. The van der Waals surface area contributed by atoms with E-state index in [2.05, 4.69) is 4.37 Å². The molecule has 0 radical (unpaired) electrons. The van der Waals surface area contributed by atoms with Gasteiger partial charge in [0.25, 0.3) is 0 Å². The van der Waals surface area contributed by atoms with E-state index >= 15 is 0 Å². The number of nitrogens with two attached hydrogens (primary N) is 1. The molecule has 60 valence electrons. The molecule has 0 amide bonds. The molecule has 4 nitrogen and oxygen atoms in total. The zero-order chi connectivity index (χ0) is 8.27. The molecular weight excluding hydrogens is 164 g/mol. The maximum absolute atomic E-state index is 10.3. The van der Waals surface area contributed by atoms with Gasteiger partial charge < -0.3 is 10.8 Å². The number of nitrogens with zero attached hydrogens (tertiary/aromatic N) is 1. The lowest BCUT2D eigenvalue weighted by Crippen LogP contribution is -2.32. The van der Waals surface area contributed by atoms with Crippen molar-refractivity contribution in [3.8, 4) is 0 Å². The number of rotatable bonds is 3. The first-order chi connectivity index (χ1) is 5.20. The highest BCUT2D eigenvalue weighted by Crippen LogP contribution is 2.03. The third kappa shape index (κ3) is 2.28. The van der Waals surface area contributed by atoms with Gasteiger partial charge in [-0.3, -0.25) is 4.79 Å². The summed E-state index contributed by atoms with van der Waals surface area (Å²) in [5.41, 5.74) is 6.16. The number of aliphatic carboxylic acids is 1. The van der Waals surface area contributed by atoms with Crippen LogP contribution in [-0.4, -0.2) is 21.5 Å². The Bertz CT molecular complexity index is 235. The zero-order valence-corrected chi connectivity index (χ0v) is 6.54. The minimum atomic E-state index is -0.976. The normalized spacial score (nSPS) is 12.8. The van der Waals surface area contributed by atoms with Crippen LogP contribution in [0.25, 0.3) is 0 Å². The fourth-order valence-corrected chi connectivity index (χ4v) is 1.22. The Morgan fingerprint density at radius 1 is 1.91 bits per heavy atom. The summed E-state index contributed by atoms with van der Waals surface area (Å²) in [5, 5.41) is 10.2. The second-order valence-corrected chi connectivity index (χ2v) is 2.84. The lowest BCUT2D eigenvalue weighted by molar-refractivity contribution is -0.138. The average Bonchev–Trinajstić information content (AvgIpc) is 2.39. The van der Waals surface area contributed by atoms with Crippen LogP contribution in [0.3, 0.4) is 0 Å². The van der Waals surface area contributed by atoms with Crippen molar-refractivity contribution >= 4 is 17.5 Å². The van der Waals surface area contributed by atoms with Gasteiger partial charge in [-0.15, -0.1) is 0 Å². The van der Waals surface area contributed by atoms with Gasteiger partial charge in [-0.05, 0) is 17.1 Å². The third-order valence-electron chi connectivity index (χ3n) is 1.26. The maximum Gasteiger partial charge on any atom is 0.320 e. The van der Waals surface area contributed by atoms with Crippen molar-refractivity contribution in [2.24, 2.45) is 5.73 Å². The highest BCUT2D eigenvalue weighted by atomic mass is 32.1. The third-order valence-corrected chi connectivity index (χ3v) is 1.89. The highest BCUT2D eigenvalue weighted by Gasteiger charge is 2.11. The summed E-state index contributed by atoms with van der Waals surface area (Å²) in [7, 11) is 0. The summed E-state index contributed by atoms with van der Waals surface area (Å²) < 4.78 is 3.83. The summed E-state index contributed by atoms with van der Waals surface area (Å²) >= 11 is 1.29. The Morgan fingerprint density at radius 2 is 2.64 bits per heavy atom. The van der Waals surface area contributed by atoms with Crippen molar-refractivity contribution in [1.29, 1.82) is 0 Å². The van der Waals surface area contributed by atoms with Gasteiger partial charge in [-0.25, -0.2) is 4.37 Å². The van der Waals surface area contributed by atoms with Gasteiger partial charge in [0.2, 0.25) is 0 Å². The Hall–Kier alpha value is -0.940. The van der Waals surface area contributed by atoms with Crippen molar-refractivity contribution in [1.82, 2.24) is 4.37 Å². The van der Waals surface area contributed by atoms with Crippen LogP contribution in [0.1, 0.15) is 5.56 Å². The van der Waals surface area contributed by atoms with Crippen LogP contribution in [0.15, 0.2) is 11.6 Å². The lowest BCUT2D eigenvalue weighted by atomic mass is 10.1. The molecule has 1 unspecified atom stereocenters. The van der Waals surface area contributed by atoms with Gasteiger partial charge in [0.05, 0.1) is 0 Å². The molecular formula is C6H8N2O2S. The molecule has 0 aliphatic carbocycles. The molecule has 0 saturated carbocycles. The first kappa shape index (κ1) is 8.16. The monoisotopic (exact) mass is 172 g/mol. The Labute approximate surface area is 67.8 Å². The number of hydrogen-bond donors (Lipinski definition) is 2. The number of carbonyl (C=O) groups is 1. The minimum Gasteiger partial charge on any atom is -0.480 e. The van der Waals surface area contributed by atoms with Crippen LogP contribution in [0.5, 0.6) is 0 Å². The molecule has 0 fully saturated rings. The van der Waals surface area contributed by atoms with E-state index in [1.54, 1.807) is 11.6 Å². The van der Waals surface area contributed by atoms with Crippen molar-refractivity contribution in [2.75, 3.05) is 0 Å². The van der Waals surface area contributed by atoms with Gasteiger partial charge in [0.1, 0.15) is 6.04 Å². The fourth-order valence-electron chi connectivity index (χ4n) is 0.669. The Kier molecular flexibility index (Phi) is 2.56. The first-order valence-corrected chi connectivity index (χ1v) is 3.90. The smallest absolute Gasteiger partial charge is 0.320 e. The van der Waals surface area contributed by atoms with Gasteiger partial charge in [-0.2, -0.15) is 0 Å². The molecule has 0 aliphatic heterocycles. The fraction of sp³-hybridized carbons (Fsp3) is 0.333. The standard InChI is InChI=1S/C6H8N2O2S/c7-5(6(9)10)1-4-2-8-11-3-4/h2-3,5H,1,7H2,(H,9,10).